The smallest absolute Gasteiger partial charge is 0.0868 e. The molecule has 82 valence electrons. The molecule has 0 amide bonds. The van der Waals surface area contributed by atoms with E-state index in [1.165, 1.54) is 11.1 Å². The van der Waals surface area contributed by atoms with Gasteiger partial charge in [0.05, 0.1) is 6.61 Å². The van der Waals surface area contributed by atoms with Crippen molar-refractivity contribution in [2.75, 3.05) is 20.7 Å². The van der Waals surface area contributed by atoms with E-state index in [1.54, 1.807) is 5.06 Å². The van der Waals surface area contributed by atoms with Crippen molar-refractivity contribution in [2.45, 2.75) is 33.6 Å². The SMILES string of the molecule is CC(C)=CCC/C(C)=C\CON(C)C. The number of nitrogens with zero attached hydrogens (tertiary/aromatic N) is 1. The molecule has 0 unspecified atom stereocenters. The molecule has 0 aromatic rings. The van der Waals surface area contributed by atoms with E-state index in [4.69, 9.17) is 4.84 Å². The maximum absolute atomic E-state index is 5.28. The second-order valence-electron chi connectivity index (χ2n) is 3.98. The van der Waals surface area contributed by atoms with Crippen LogP contribution in [0.25, 0.3) is 0 Å². The summed E-state index contributed by atoms with van der Waals surface area (Å²) < 4.78 is 0. The average molecular weight is 197 g/mol. The molecule has 0 N–H and O–H groups in total. The van der Waals surface area contributed by atoms with Crippen molar-refractivity contribution >= 4 is 0 Å². The van der Waals surface area contributed by atoms with E-state index in [2.05, 4.69) is 32.9 Å². The van der Waals surface area contributed by atoms with Crippen LogP contribution in [0.4, 0.5) is 0 Å². The highest BCUT2D eigenvalue weighted by atomic mass is 16.7. The zero-order valence-corrected chi connectivity index (χ0v) is 10.1. The van der Waals surface area contributed by atoms with Crippen LogP contribution >= 0.6 is 0 Å². The van der Waals surface area contributed by atoms with Gasteiger partial charge in [0.25, 0.3) is 0 Å². The molecular weight excluding hydrogens is 174 g/mol. The molecule has 0 atom stereocenters. The predicted octanol–water partition coefficient (Wildman–Crippen LogP) is 3.17. The Bertz CT molecular complexity index is 200. The molecule has 2 heteroatoms. The lowest BCUT2D eigenvalue weighted by Gasteiger charge is -2.08. The zero-order valence-electron chi connectivity index (χ0n) is 10.1. The second-order valence-corrected chi connectivity index (χ2v) is 3.98. The van der Waals surface area contributed by atoms with Crippen LogP contribution in [0.2, 0.25) is 0 Å². The molecule has 0 spiro atoms. The molecule has 0 aromatic carbocycles. The van der Waals surface area contributed by atoms with Gasteiger partial charge in [0.15, 0.2) is 0 Å². The Balaban J connectivity index is 3.62. The summed E-state index contributed by atoms with van der Waals surface area (Å²) >= 11 is 0. The van der Waals surface area contributed by atoms with E-state index in [0.29, 0.717) is 6.61 Å². The van der Waals surface area contributed by atoms with Crippen molar-refractivity contribution in [2.24, 2.45) is 0 Å². The standard InChI is InChI=1S/C12H23NO/c1-11(2)7-6-8-12(3)9-10-14-13(4)5/h7,9H,6,8,10H2,1-5H3/b12-9-. The van der Waals surface area contributed by atoms with E-state index >= 15 is 0 Å². The number of hydrogen-bond acceptors (Lipinski definition) is 2. The predicted molar refractivity (Wildman–Crippen MR) is 62.1 cm³/mol. The largest absolute Gasteiger partial charge is 0.295 e. The zero-order chi connectivity index (χ0) is 11.0. The molecule has 0 rings (SSSR count). The van der Waals surface area contributed by atoms with Gasteiger partial charge in [-0.25, -0.2) is 0 Å². The fraction of sp³-hybridized carbons (Fsp3) is 0.667. The van der Waals surface area contributed by atoms with Crippen LogP contribution in [-0.2, 0) is 4.84 Å². The molecule has 0 fully saturated rings. The molecule has 0 saturated carbocycles. The molecule has 0 aromatic heterocycles. The van der Waals surface area contributed by atoms with Crippen LogP contribution in [0.15, 0.2) is 23.3 Å². The molecule has 2 nitrogen and oxygen atoms in total. The number of rotatable bonds is 6. The normalized spacial score (nSPS) is 12.0. The summed E-state index contributed by atoms with van der Waals surface area (Å²) in [5, 5.41) is 1.72. The third-order valence-electron chi connectivity index (χ3n) is 1.86. The van der Waals surface area contributed by atoms with Crippen LogP contribution in [0.3, 0.4) is 0 Å². The maximum atomic E-state index is 5.28. The lowest BCUT2D eigenvalue weighted by Crippen LogP contribution is -2.12. The van der Waals surface area contributed by atoms with E-state index in [-0.39, 0.29) is 0 Å². The van der Waals surface area contributed by atoms with Gasteiger partial charge in [0.1, 0.15) is 0 Å². The van der Waals surface area contributed by atoms with E-state index in [1.807, 2.05) is 14.1 Å². The fourth-order valence-electron chi connectivity index (χ4n) is 1.02. The molecule has 0 aliphatic carbocycles. The van der Waals surface area contributed by atoms with Crippen molar-refractivity contribution in [3.8, 4) is 0 Å². The van der Waals surface area contributed by atoms with Crippen LogP contribution in [0.5, 0.6) is 0 Å². The van der Waals surface area contributed by atoms with Gasteiger partial charge in [-0.2, -0.15) is 5.06 Å². The molecule has 0 radical (unpaired) electrons. The van der Waals surface area contributed by atoms with Crippen molar-refractivity contribution in [1.29, 1.82) is 0 Å². The summed E-state index contributed by atoms with van der Waals surface area (Å²) in [6, 6.07) is 0. The highest BCUT2D eigenvalue weighted by Crippen LogP contribution is 2.06. The van der Waals surface area contributed by atoms with Gasteiger partial charge in [-0.15, -0.1) is 0 Å². The lowest BCUT2D eigenvalue weighted by atomic mass is 10.1. The molecule has 14 heavy (non-hydrogen) atoms. The van der Waals surface area contributed by atoms with Gasteiger partial charge in [-0.3, -0.25) is 4.84 Å². The first kappa shape index (κ1) is 13.4. The topological polar surface area (TPSA) is 12.5 Å². The van der Waals surface area contributed by atoms with Gasteiger partial charge in [-0.05, 0) is 33.6 Å². The molecule has 0 aliphatic heterocycles. The molecular formula is C12H23NO. The Morgan fingerprint density at radius 3 is 2.29 bits per heavy atom. The Labute approximate surface area is 88.2 Å². The van der Waals surface area contributed by atoms with Gasteiger partial charge in [0, 0.05) is 14.1 Å². The van der Waals surface area contributed by atoms with Crippen LogP contribution in [-0.4, -0.2) is 25.8 Å². The van der Waals surface area contributed by atoms with Crippen molar-refractivity contribution in [1.82, 2.24) is 5.06 Å². The van der Waals surface area contributed by atoms with Crippen LogP contribution < -0.4 is 0 Å². The summed E-state index contributed by atoms with van der Waals surface area (Å²) in [5.74, 6) is 0. The summed E-state index contributed by atoms with van der Waals surface area (Å²) in [6.07, 6.45) is 6.66. The fourth-order valence-corrected chi connectivity index (χ4v) is 1.02. The van der Waals surface area contributed by atoms with Gasteiger partial charge in [-0.1, -0.05) is 23.3 Å². The second kappa shape index (κ2) is 7.77. The van der Waals surface area contributed by atoms with Gasteiger partial charge >= 0.3 is 0 Å². The molecule has 0 aliphatic rings. The van der Waals surface area contributed by atoms with E-state index in [0.717, 1.165) is 12.8 Å². The van der Waals surface area contributed by atoms with Crippen molar-refractivity contribution in [3.05, 3.63) is 23.3 Å². The van der Waals surface area contributed by atoms with Crippen molar-refractivity contribution < 1.29 is 4.84 Å². The molecule has 0 heterocycles. The minimum absolute atomic E-state index is 0.674. The number of allylic oxidation sites excluding steroid dienone is 3. The van der Waals surface area contributed by atoms with Crippen LogP contribution in [0.1, 0.15) is 33.6 Å². The summed E-state index contributed by atoms with van der Waals surface area (Å²) in [4.78, 5) is 5.28. The highest BCUT2D eigenvalue weighted by molar-refractivity contribution is 5.02. The highest BCUT2D eigenvalue weighted by Gasteiger charge is 1.90. The maximum Gasteiger partial charge on any atom is 0.0868 e. The average Bonchev–Trinajstić information content (AvgIpc) is 2.02. The first-order valence-electron chi connectivity index (χ1n) is 5.11. The van der Waals surface area contributed by atoms with E-state index < -0.39 is 0 Å². The Kier molecular flexibility index (Phi) is 7.44. The summed E-state index contributed by atoms with van der Waals surface area (Å²) in [5.41, 5.74) is 2.78. The summed E-state index contributed by atoms with van der Waals surface area (Å²) in [6.45, 7) is 7.09. The van der Waals surface area contributed by atoms with Gasteiger partial charge in [0.2, 0.25) is 0 Å². The van der Waals surface area contributed by atoms with Crippen molar-refractivity contribution in [3.63, 3.8) is 0 Å². The minimum Gasteiger partial charge on any atom is -0.295 e. The first-order chi connectivity index (χ1) is 6.52. The minimum atomic E-state index is 0.674. The third kappa shape index (κ3) is 9.49. The third-order valence-corrected chi connectivity index (χ3v) is 1.86. The number of hydrogen-bond donors (Lipinski definition) is 0. The Morgan fingerprint density at radius 2 is 1.79 bits per heavy atom. The van der Waals surface area contributed by atoms with E-state index in [9.17, 15) is 0 Å². The monoisotopic (exact) mass is 197 g/mol. The summed E-state index contributed by atoms with van der Waals surface area (Å²) in [7, 11) is 3.79. The number of hydroxylamine groups is 2. The lowest BCUT2D eigenvalue weighted by molar-refractivity contribution is -0.106. The Hall–Kier alpha value is -0.600. The quantitative estimate of drug-likeness (QED) is 0.479. The van der Waals surface area contributed by atoms with Gasteiger partial charge < -0.3 is 0 Å². The molecule has 0 saturated heterocycles. The molecule has 0 bridgehead atoms. The first-order valence-corrected chi connectivity index (χ1v) is 5.11. The Morgan fingerprint density at radius 1 is 1.14 bits per heavy atom. The van der Waals surface area contributed by atoms with Crippen LogP contribution in [0, 0.1) is 0 Å².